The summed E-state index contributed by atoms with van der Waals surface area (Å²) in [6.07, 6.45) is 10.9. The van der Waals surface area contributed by atoms with Crippen molar-refractivity contribution in [1.29, 1.82) is 0 Å². The van der Waals surface area contributed by atoms with Gasteiger partial charge in [-0.2, -0.15) is 0 Å². The first-order chi connectivity index (χ1) is 9.22. The van der Waals surface area contributed by atoms with Crippen LogP contribution in [0, 0.1) is 17.3 Å². The molecular weight excluding hydrogens is 236 g/mol. The van der Waals surface area contributed by atoms with Gasteiger partial charge in [-0.3, -0.25) is 4.79 Å². The number of hydrogen-bond acceptors (Lipinski definition) is 2. The SMILES string of the molecule is NCC1(CC(=O)N2CC3CCCC3C2)CCCCC1. The van der Waals surface area contributed by atoms with E-state index in [1.165, 1.54) is 38.5 Å². The number of nitrogens with zero attached hydrogens (tertiary/aromatic N) is 1. The molecule has 0 radical (unpaired) electrons. The second-order valence-corrected chi connectivity index (χ2v) is 7.19. The number of fused-ring (bicyclic) bond motifs is 1. The third-order valence-electron chi connectivity index (χ3n) is 5.95. The fourth-order valence-corrected chi connectivity index (χ4v) is 4.63. The summed E-state index contributed by atoms with van der Waals surface area (Å²) < 4.78 is 0. The van der Waals surface area contributed by atoms with Crippen molar-refractivity contribution in [3.8, 4) is 0 Å². The van der Waals surface area contributed by atoms with Gasteiger partial charge in [-0.25, -0.2) is 0 Å². The van der Waals surface area contributed by atoms with Crippen LogP contribution in [0.15, 0.2) is 0 Å². The first kappa shape index (κ1) is 13.4. The van der Waals surface area contributed by atoms with Crippen molar-refractivity contribution in [1.82, 2.24) is 4.90 Å². The van der Waals surface area contributed by atoms with E-state index in [1.54, 1.807) is 0 Å². The van der Waals surface area contributed by atoms with Gasteiger partial charge in [-0.15, -0.1) is 0 Å². The minimum Gasteiger partial charge on any atom is -0.342 e. The maximum absolute atomic E-state index is 12.6. The van der Waals surface area contributed by atoms with Gasteiger partial charge in [0.15, 0.2) is 0 Å². The third kappa shape index (κ3) is 2.67. The highest BCUT2D eigenvalue weighted by Gasteiger charge is 2.40. The molecule has 0 bridgehead atoms. The first-order valence-electron chi connectivity index (χ1n) is 8.20. The lowest BCUT2D eigenvalue weighted by atomic mass is 9.71. The molecule has 1 aliphatic heterocycles. The second kappa shape index (κ2) is 5.43. The summed E-state index contributed by atoms with van der Waals surface area (Å²) in [5, 5.41) is 0. The molecule has 2 atom stereocenters. The molecule has 1 saturated heterocycles. The summed E-state index contributed by atoms with van der Waals surface area (Å²) in [5.74, 6) is 2.01. The maximum atomic E-state index is 12.6. The van der Waals surface area contributed by atoms with Crippen molar-refractivity contribution in [3.05, 3.63) is 0 Å². The van der Waals surface area contributed by atoms with Crippen molar-refractivity contribution in [2.24, 2.45) is 23.0 Å². The monoisotopic (exact) mass is 264 g/mol. The molecule has 2 unspecified atom stereocenters. The Kier molecular flexibility index (Phi) is 3.84. The zero-order valence-electron chi connectivity index (χ0n) is 12.1. The van der Waals surface area contributed by atoms with E-state index in [2.05, 4.69) is 4.90 Å². The van der Waals surface area contributed by atoms with Gasteiger partial charge < -0.3 is 10.6 Å². The molecule has 0 spiro atoms. The molecule has 108 valence electrons. The summed E-state index contributed by atoms with van der Waals surface area (Å²) in [5.41, 5.74) is 6.14. The first-order valence-corrected chi connectivity index (χ1v) is 8.20. The fourth-order valence-electron chi connectivity index (χ4n) is 4.63. The highest BCUT2D eigenvalue weighted by atomic mass is 16.2. The third-order valence-corrected chi connectivity index (χ3v) is 5.95. The van der Waals surface area contributed by atoms with E-state index in [0.717, 1.165) is 37.8 Å². The Hall–Kier alpha value is -0.570. The van der Waals surface area contributed by atoms with Crippen LogP contribution in [0.4, 0.5) is 0 Å². The zero-order valence-corrected chi connectivity index (χ0v) is 12.1. The van der Waals surface area contributed by atoms with Crippen LogP contribution in [0.2, 0.25) is 0 Å². The highest BCUT2D eigenvalue weighted by molar-refractivity contribution is 5.77. The van der Waals surface area contributed by atoms with Crippen LogP contribution < -0.4 is 5.73 Å². The number of amides is 1. The smallest absolute Gasteiger partial charge is 0.223 e. The number of carbonyl (C=O) groups is 1. The second-order valence-electron chi connectivity index (χ2n) is 7.19. The van der Waals surface area contributed by atoms with E-state index >= 15 is 0 Å². The van der Waals surface area contributed by atoms with Crippen molar-refractivity contribution < 1.29 is 4.79 Å². The van der Waals surface area contributed by atoms with Crippen LogP contribution in [-0.2, 0) is 4.79 Å². The topological polar surface area (TPSA) is 46.3 Å². The van der Waals surface area contributed by atoms with E-state index in [0.29, 0.717) is 18.9 Å². The zero-order chi connectivity index (χ0) is 13.3. The Balaban J connectivity index is 1.58. The molecule has 19 heavy (non-hydrogen) atoms. The van der Waals surface area contributed by atoms with Crippen LogP contribution in [0.25, 0.3) is 0 Å². The van der Waals surface area contributed by atoms with Crippen LogP contribution in [0.1, 0.15) is 57.8 Å². The van der Waals surface area contributed by atoms with Gasteiger partial charge in [-0.05, 0) is 49.5 Å². The van der Waals surface area contributed by atoms with Crippen LogP contribution >= 0.6 is 0 Å². The van der Waals surface area contributed by atoms with Gasteiger partial charge in [0.2, 0.25) is 5.91 Å². The Morgan fingerprint density at radius 3 is 2.26 bits per heavy atom. The van der Waals surface area contributed by atoms with E-state index in [-0.39, 0.29) is 5.41 Å². The molecule has 0 aromatic heterocycles. The Morgan fingerprint density at radius 1 is 1.05 bits per heavy atom. The molecule has 0 aromatic carbocycles. The Labute approximate surface area is 116 Å². The normalized spacial score (nSPS) is 33.4. The molecule has 1 amide bonds. The van der Waals surface area contributed by atoms with Crippen molar-refractivity contribution in [2.45, 2.75) is 57.8 Å². The summed E-state index contributed by atoms with van der Waals surface area (Å²) in [6.45, 7) is 2.76. The molecule has 2 aliphatic carbocycles. The quantitative estimate of drug-likeness (QED) is 0.851. The van der Waals surface area contributed by atoms with Crippen LogP contribution in [0.3, 0.4) is 0 Å². The van der Waals surface area contributed by atoms with Crippen molar-refractivity contribution in [3.63, 3.8) is 0 Å². The lowest BCUT2D eigenvalue weighted by Crippen LogP contribution is -2.40. The van der Waals surface area contributed by atoms with Gasteiger partial charge in [0.1, 0.15) is 0 Å². The molecular formula is C16H28N2O. The molecule has 3 fully saturated rings. The molecule has 1 heterocycles. The standard InChI is InChI=1S/C16H28N2O/c17-12-16(7-2-1-3-8-16)9-15(19)18-10-13-5-4-6-14(13)11-18/h13-14H,1-12,17H2. The van der Waals surface area contributed by atoms with Gasteiger partial charge in [-0.1, -0.05) is 25.7 Å². The van der Waals surface area contributed by atoms with Crippen molar-refractivity contribution in [2.75, 3.05) is 19.6 Å². The number of hydrogen-bond donors (Lipinski definition) is 1. The largest absolute Gasteiger partial charge is 0.342 e. The van der Waals surface area contributed by atoms with E-state index < -0.39 is 0 Å². The summed E-state index contributed by atoms with van der Waals surface area (Å²) >= 11 is 0. The van der Waals surface area contributed by atoms with Gasteiger partial charge in [0.05, 0.1) is 0 Å². The Morgan fingerprint density at radius 2 is 1.68 bits per heavy atom. The average molecular weight is 264 g/mol. The van der Waals surface area contributed by atoms with Gasteiger partial charge in [0.25, 0.3) is 0 Å². The summed E-state index contributed by atoms with van der Waals surface area (Å²) in [7, 11) is 0. The minimum absolute atomic E-state index is 0.132. The summed E-state index contributed by atoms with van der Waals surface area (Å²) in [6, 6.07) is 0. The number of carbonyl (C=O) groups excluding carboxylic acids is 1. The van der Waals surface area contributed by atoms with E-state index in [9.17, 15) is 4.79 Å². The highest BCUT2D eigenvalue weighted by Crippen LogP contribution is 2.41. The lowest BCUT2D eigenvalue weighted by molar-refractivity contribution is -0.133. The molecule has 2 saturated carbocycles. The fraction of sp³-hybridized carbons (Fsp3) is 0.938. The molecule has 3 heteroatoms. The summed E-state index contributed by atoms with van der Waals surface area (Å²) in [4.78, 5) is 14.7. The number of rotatable bonds is 3. The molecule has 2 N–H and O–H groups in total. The molecule has 3 rings (SSSR count). The van der Waals surface area contributed by atoms with Crippen molar-refractivity contribution >= 4 is 5.91 Å². The van der Waals surface area contributed by atoms with Gasteiger partial charge in [0, 0.05) is 19.5 Å². The molecule has 0 aromatic rings. The molecule has 3 nitrogen and oxygen atoms in total. The number of nitrogens with two attached hydrogens (primary N) is 1. The maximum Gasteiger partial charge on any atom is 0.223 e. The van der Waals surface area contributed by atoms with Crippen LogP contribution in [0.5, 0.6) is 0 Å². The number of likely N-dealkylation sites (tertiary alicyclic amines) is 1. The predicted octanol–water partition coefficient (Wildman–Crippen LogP) is 2.54. The van der Waals surface area contributed by atoms with E-state index in [4.69, 9.17) is 5.73 Å². The Bertz CT molecular complexity index is 324. The minimum atomic E-state index is 0.132. The molecule has 3 aliphatic rings. The van der Waals surface area contributed by atoms with Gasteiger partial charge >= 0.3 is 0 Å². The van der Waals surface area contributed by atoms with E-state index in [1.807, 2.05) is 0 Å². The van der Waals surface area contributed by atoms with Crippen LogP contribution in [-0.4, -0.2) is 30.4 Å². The lowest BCUT2D eigenvalue weighted by Gasteiger charge is -2.36. The average Bonchev–Trinajstić information content (AvgIpc) is 3.00. The predicted molar refractivity (Wildman–Crippen MR) is 76.6 cm³/mol.